The van der Waals surface area contributed by atoms with Gasteiger partial charge in [-0.2, -0.15) is 5.10 Å². The van der Waals surface area contributed by atoms with Gasteiger partial charge in [-0.1, -0.05) is 12.1 Å². The molecule has 0 N–H and O–H groups in total. The van der Waals surface area contributed by atoms with E-state index in [1.54, 1.807) is 10.5 Å². The summed E-state index contributed by atoms with van der Waals surface area (Å²) in [6.07, 6.45) is 5.84. The highest BCUT2D eigenvalue weighted by molar-refractivity contribution is 7.88. The molecule has 1 aliphatic heterocycles. The minimum absolute atomic E-state index is 0.574. The molecule has 1 aromatic heterocycles. The van der Waals surface area contributed by atoms with E-state index < -0.39 is 10.0 Å². The molecule has 124 valence electrons. The van der Waals surface area contributed by atoms with Crippen molar-refractivity contribution in [3.8, 4) is 5.69 Å². The summed E-state index contributed by atoms with van der Waals surface area (Å²) in [4.78, 5) is 2.31. The lowest BCUT2D eigenvalue weighted by Crippen LogP contribution is -2.34. The monoisotopic (exact) mass is 334 g/mol. The molecule has 7 heteroatoms. The maximum Gasteiger partial charge on any atom is 0.211 e. The van der Waals surface area contributed by atoms with E-state index in [1.165, 1.54) is 11.8 Å². The average molecular weight is 334 g/mol. The van der Waals surface area contributed by atoms with Gasteiger partial charge in [0.15, 0.2) is 0 Å². The van der Waals surface area contributed by atoms with Gasteiger partial charge >= 0.3 is 0 Å². The maximum absolute atomic E-state index is 11.7. The van der Waals surface area contributed by atoms with Crippen LogP contribution < -0.4 is 0 Å². The number of rotatable bonds is 4. The van der Waals surface area contributed by atoms with E-state index in [0.29, 0.717) is 13.1 Å². The minimum atomic E-state index is -3.08. The van der Waals surface area contributed by atoms with Crippen LogP contribution >= 0.6 is 0 Å². The average Bonchev–Trinajstić information content (AvgIpc) is 2.94. The Morgan fingerprint density at radius 2 is 1.87 bits per heavy atom. The molecule has 1 saturated heterocycles. The van der Waals surface area contributed by atoms with Crippen LogP contribution in [0, 0.1) is 0 Å². The Bertz CT molecular complexity index is 726. The SMILES string of the molecule is CS(=O)(=O)N1CCCN(Cc2ccc(-n3cccn3)cc2)CC1. The first-order valence-corrected chi connectivity index (χ1v) is 9.64. The second kappa shape index (κ2) is 6.82. The molecule has 1 aromatic carbocycles. The molecule has 2 heterocycles. The molecule has 0 atom stereocenters. The Kier molecular flexibility index (Phi) is 4.79. The van der Waals surface area contributed by atoms with Crippen molar-refractivity contribution < 1.29 is 8.42 Å². The van der Waals surface area contributed by atoms with Gasteiger partial charge in [0, 0.05) is 38.6 Å². The molecule has 2 aromatic rings. The fourth-order valence-corrected chi connectivity index (χ4v) is 3.74. The third kappa shape index (κ3) is 4.19. The summed E-state index contributed by atoms with van der Waals surface area (Å²) < 4.78 is 26.7. The quantitative estimate of drug-likeness (QED) is 0.847. The summed E-state index contributed by atoms with van der Waals surface area (Å²) >= 11 is 0. The van der Waals surface area contributed by atoms with Crippen LogP contribution in [0.5, 0.6) is 0 Å². The zero-order chi connectivity index (χ0) is 16.3. The van der Waals surface area contributed by atoms with Gasteiger partial charge in [0.25, 0.3) is 0 Å². The Labute approximate surface area is 137 Å². The van der Waals surface area contributed by atoms with Crippen LogP contribution in [0.3, 0.4) is 0 Å². The van der Waals surface area contributed by atoms with Crippen LogP contribution in [0.4, 0.5) is 0 Å². The summed E-state index contributed by atoms with van der Waals surface area (Å²) in [5.41, 5.74) is 2.27. The van der Waals surface area contributed by atoms with Crippen molar-refractivity contribution in [1.29, 1.82) is 0 Å². The molecule has 0 bridgehead atoms. The Morgan fingerprint density at radius 1 is 1.09 bits per heavy atom. The van der Waals surface area contributed by atoms with Crippen LogP contribution in [0.25, 0.3) is 5.69 Å². The Balaban J connectivity index is 1.61. The second-order valence-electron chi connectivity index (χ2n) is 5.91. The normalized spacial score (nSPS) is 18.0. The van der Waals surface area contributed by atoms with Gasteiger partial charge in [-0.15, -0.1) is 0 Å². The molecule has 23 heavy (non-hydrogen) atoms. The summed E-state index contributed by atoms with van der Waals surface area (Å²) in [5.74, 6) is 0. The number of hydrogen-bond donors (Lipinski definition) is 0. The van der Waals surface area contributed by atoms with Gasteiger partial charge in [0.1, 0.15) is 0 Å². The van der Waals surface area contributed by atoms with Gasteiger partial charge in [-0.25, -0.2) is 17.4 Å². The summed E-state index contributed by atoms with van der Waals surface area (Å²) in [6.45, 7) is 3.73. The largest absolute Gasteiger partial charge is 0.298 e. The molecule has 3 rings (SSSR count). The molecular formula is C16H22N4O2S. The number of nitrogens with zero attached hydrogens (tertiary/aromatic N) is 4. The van der Waals surface area contributed by atoms with Gasteiger partial charge in [0.2, 0.25) is 10.0 Å². The van der Waals surface area contributed by atoms with E-state index in [4.69, 9.17) is 0 Å². The molecule has 0 spiro atoms. The predicted octanol–water partition coefficient (Wildman–Crippen LogP) is 1.34. The maximum atomic E-state index is 11.7. The lowest BCUT2D eigenvalue weighted by Gasteiger charge is -2.20. The highest BCUT2D eigenvalue weighted by Crippen LogP contribution is 2.13. The zero-order valence-corrected chi connectivity index (χ0v) is 14.1. The van der Waals surface area contributed by atoms with E-state index >= 15 is 0 Å². The van der Waals surface area contributed by atoms with Gasteiger partial charge < -0.3 is 0 Å². The molecular weight excluding hydrogens is 312 g/mol. The number of hydrogen-bond acceptors (Lipinski definition) is 4. The van der Waals surface area contributed by atoms with Crippen LogP contribution in [0.1, 0.15) is 12.0 Å². The Morgan fingerprint density at radius 3 is 2.52 bits per heavy atom. The van der Waals surface area contributed by atoms with Crippen molar-refractivity contribution in [1.82, 2.24) is 19.0 Å². The first kappa shape index (κ1) is 16.2. The van der Waals surface area contributed by atoms with Crippen LogP contribution in [0.15, 0.2) is 42.7 Å². The Hall–Kier alpha value is -1.70. The highest BCUT2D eigenvalue weighted by Gasteiger charge is 2.21. The fraction of sp³-hybridized carbons (Fsp3) is 0.438. The smallest absolute Gasteiger partial charge is 0.211 e. The van der Waals surface area contributed by atoms with Crippen molar-refractivity contribution in [3.05, 3.63) is 48.3 Å². The summed E-state index contributed by atoms with van der Waals surface area (Å²) in [6, 6.07) is 10.2. The second-order valence-corrected chi connectivity index (χ2v) is 7.89. The topological polar surface area (TPSA) is 58.4 Å². The molecule has 0 saturated carbocycles. The van der Waals surface area contributed by atoms with Crippen LogP contribution in [0.2, 0.25) is 0 Å². The van der Waals surface area contributed by atoms with Crippen molar-refractivity contribution >= 4 is 10.0 Å². The molecule has 0 radical (unpaired) electrons. The zero-order valence-electron chi connectivity index (χ0n) is 13.3. The molecule has 6 nitrogen and oxygen atoms in total. The predicted molar refractivity (Wildman–Crippen MR) is 89.9 cm³/mol. The number of sulfonamides is 1. The summed E-state index contributed by atoms with van der Waals surface area (Å²) in [7, 11) is -3.08. The molecule has 1 fully saturated rings. The van der Waals surface area contributed by atoms with E-state index in [-0.39, 0.29) is 0 Å². The van der Waals surface area contributed by atoms with Gasteiger partial charge in [-0.05, 0) is 36.7 Å². The highest BCUT2D eigenvalue weighted by atomic mass is 32.2. The van der Waals surface area contributed by atoms with Crippen LogP contribution in [-0.2, 0) is 16.6 Å². The van der Waals surface area contributed by atoms with E-state index in [1.807, 2.05) is 16.9 Å². The molecule has 0 amide bonds. The first-order valence-electron chi connectivity index (χ1n) is 7.79. The van der Waals surface area contributed by atoms with E-state index in [9.17, 15) is 8.42 Å². The summed E-state index contributed by atoms with van der Waals surface area (Å²) in [5, 5.41) is 4.22. The lowest BCUT2D eigenvalue weighted by atomic mass is 10.2. The number of aromatic nitrogens is 2. The van der Waals surface area contributed by atoms with Crippen molar-refractivity contribution in [2.24, 2.45) is 0 Å². The van der Waals surface area contributed by atoms with Crippen molar-refractivity contribution in [3.63, 3.8) is 0 Å². The first-order chi connectivity index (χ1) is 11.0. The third-order valence-electron chi connectivity index (χ3n) is 4.13. The standard InChI is InChI=1S/C16H22N4O2S/c1-23(21,22)19-10-3-9-18(12-13-19)14-15-4-6-16(7-5-15)20-11-2-8-17-20/h2,4-8,11H,3,9-10,12-14H2,1H3. The molecule has 0 unspecified atom stereocenters. The van der Waals surface area contributed by atoms with Gasteiger partial charge in [-0.3, -0.25) is 4.90 Å². The lowest BCUT2D eigenvalue weighted by molar-refractivity contribution is 0.279. The third-order valence-corrected chi connectivity index (χ3v) is 5.43. The van der Waals surface area contributed by atoms with Crippen molar-refractivity contribution in [2.75, 3.05) is 32.4 Å². The van der Waals surface area contributed by atoms with E-state index in [2.05, 4.69) is 34.3 Å². The molecule has 0 aliphatic carbocycles. The van der Waals surface area contributed by atoms with E-state index in [0.717, 1.165) is 31.7 Å². The fourth-order valence-electron chi connectivity index (χ4n) is 2.87. The van der Waals surface area contributed by atoms with Crippen molar-refractivity contribution in [2.45, 2.75) is 13.0 Å². The number of benzene rings is 1. The molecule has 1 aliphatic rings. The van der Waals surface area contributed by atoms with Crippen LogP contribution in [-0.4, -0.2) is 59.8 Å². The van der Waals surface area contributed by atoms with Gasteiger partial charge in [0.05, 0.1) is 11.9 Å². The minimum Gasteiger partial charge on any atom is -0.298 e.